The van der Waals surface area contributed by atoms with E-state index in [-0.39, 0.29) is 24.9 Å². The van der Waals surface area contributed by atoms with E-state index in [1.165, 1.54) is 0 Å². The Kier molecular flexibility index (Phi) is 7.41. The molecule has 2 N–H and O–H groups in total. The highest BCUT2D eigenvalue weighted by atomic mass is 127. The van der Waals surface area contributed by atoms with Crippen molar-refractivity contribution in [3.05, 3.63) is 27.8 Å². The number of likely N-dealkylation sites (tertiary alicyclic amines) is 1. The molecule has 2 rings (SSSR count). The van der Waals surface area contributed by atoms with Crippen LogP contribution in [0.2, 0.25) is 0 Å². The number of amides is 1. The number of rotatable bonds is 4. The lowest BCUT2D eigenvalue weighted by atomic mass is 10.0. The Bertz CT molecular complexity index is 513. The average Bonchev–Trinajstić information content (AvgIpc) is 2.41. The van der Waals surface area contributed by atoms with Gasteiger partial charge in [0.1, 0.15) is 6.04 Å². The minimum absolute atomic E-state index is 0. The lowest BCUT2D eigenvalue weighted by Gasteiger charge is -2.32. The maximum absolute atomic E-state index is 12.1. The number of para-hydroxylation sites is 1. The largest absolute Gasteiger partial charge is 0.480 e. The summed E-state index contributed by atoms with van der Waals surface area (Å²) in [6, 6.07) is 6.98. The first-order valence-electron chi connectivity index (χ1n) is 6.59. The maximum atomic E-state index is 12.1. The Morgan fingerprint density at radius 1 is 1.33 bits per heavy atom. The van der Waals surface area contributed by atoms with Crippen LogP contribution < -0.4 is 5.32 Å². The van der Waals surface area contributed by atoms with Crippen LogP contribution in [0.25, 0.3) is 0 Å². The fourth-order valence-corrected chi connectivity index (χ4v) is 2.92. The Morgan fingerprint density at radius 2 is 2.05 bits per heavy atom. The third-order valence-electron chi connectivity index (χ3n) is 3.39. The van der Waals surface area contributed by atoms with E-state index in [1.54, 1.807) is 4.90 Å². The van der Waals surface area contributed by atoms with Gasteiger partial charge >= 0.3 is 5.97 Å². The highest BCUT2D eigenvalue weighted by Gasteiger charge is 2.29. The number of nitrogens with zero attached hydrogens (tertiary/aromatic N) is 1. The van der Waals surface area contributed by atoms with Gasteiger partial charge in [-0.15, -0.1) is 12.4 Å². The van der Waals surface area contributed by atoms with Crippen molar-refractivity contribution in [2.75, 3.05) is 18.4 Å². The summed E-state index contributed by atoms with van der Waals surface area (Å²) < 4.78 is 0.965. The summed E-state index contributed by atoms with van der Waals surface area (Å²) in [7, 11) is 0. The molecule has 1 amide bonds. The molecule has 1 unspecified atom stereocenters. The molecule has 0 bridgehead atoms. The Hall–Kier alpha value is -0.860. The summed E-state index contributed by atoms with van der Waals surface area (Å²) >= 11 is 2.16. The molecule has 1 aromatic rings. The summed E-state index contributed by atoms with van der Waals surface area (Å²) in [5, 5.41) is 12.0. The molecule has 1 aromatic carbocycles. The van der Waals surface area contributed by atoms with Crippen LogP contribution in [0.1, 0.15) is 19.3 Å². The summed E-state index contributed by atoms with van der Waals surface area (Å²) in [6.45, 7) is 0.790. The molecule has 7 heteroatoms. The van der Waals surface area contributed by atoms with Crippen molar-refractivity contribution < 1.29 is 14.7 Å². The number of piperidine rings is 1. The number of aliphatic carboxylic acids is 1. The third-order valence-corrected chi connectivity index (χ3v) is 4.33. The smallest absolute Gasteiger partial charge is 0.320 e. The fraction of sp³-hybridized carbons (Fsp3) is 0.429. The second-order valence-electron chi connectivity index (χ2n) is 4.85. The van der Waals surface area contributed by atoms with Crippen molar-refractivity contribution >= 4 is 52.6 Å². The van der Waals surface area contributed by atoms with Crippen LogP contribution in [0, 0.1) is 3.57 Å². The molecule has 0 saturated carbocycles. The van der Waals surface area contributed by atoms with Gasteiger partial charge in [0.25, 0.3) is 0 Å². The molecule has 1 heterocycles. The van der Waals surface area contributed by atoms with Crippen molar-refractivity contribution in [2.45, 2.75) is 25.3 Å². The first-order valence-corrected chi connectivity index (χ1v) is 7.67. The molecule has 1 aliphatic heterocycles. The third kappa shape index (κ3) is 5.12. The predicted octanol–water partition coefficient (Wildman–Crippen LogP) is 2.59. The van der Waals surface area contributed by atoms with Crippen molar-refractivity contribution in [3.8, 4) is 0 Å². The van der Waals surface area contributed by atoms with E-state index in [9.17, 15) is 14.7 Å². The number of hydrogen-bond acceptors (Lipinski definition) is 3. The van der Waals surface area contributed by atoms with Gasteiger partial charge in [-0.2, -0.15) is 0 Å². The van der Waals surface area contributed by atoms with Crippen LogP contribution in [-0.4, -0.2) is 41.0 Å². The molecule has 5 nitrogen and oxygen atoms in total. The minimum atomic E-state index is -0.841. The van der Waals surface area contributed by atoms with E-state index in [0.717, 1.165) is 22.1 Å². The number of hydrogen-bond donors (Lipinski definition) is 2. The van der Waals surface area contributed by atoms with Crippen molar-refractivity contribution in [1.29, 1.82) is 0 Å². The van der Waals surface area contributed by atoms with Crippen LogP contribution in [0.4, 0.5) is 5.69 Å². The van der Waals surface area contributed by atoms with Gasteiger partial charge in [0.2, 0.25) is 5.91 Å². The zero-order chi connectivity index (χ0) is 14.5. The molecule has 1 aliphatic rings. The first kappa shape index (κ1) is 18.2. The normalized spacial score (nSPS) is 18.6. The molecule has 21 heavy (non-hydrogen) atoms. The van der Waals surface area contributed by atoms with Crippen LogP contribution in [0.3, 0.4) is 0 Å². The number of carbonyl (C=O) groups is 2. The summed E-state index contributed by atoms with van der Waals surface area (Å²) in [4.78, 5) is 25.0. The van der Waals surface area contributed by atoms with Crippen molar-refractivity contribution in [2.24, 2.45) is 0 Å². The molecule has 0 aromatic heterocycles. The van der Waals surface area contributed by atoms with Gasteiger partial charge in [-0.1, -0.05) is 18.6 Å². The predicted molar refractivity (Wildman–Crippen MR) is 91.9 cm³/mol. The Morgan fingerprint density at radius 3 is 2.71 bits per heavy atom. The number of carbonyl (C=O) groups excluding carboxylic acids is 1. The van der Waals surface area contributed by atoms with Crippen LogP contribution in [-0.2, 0) is 9.59 Å². The lowest BCUT2D eigenvalue weighted by molar-refractivity contribution is -0.145. The monoisotopic (exact) mass is 424 g/mol. The van der Waals surface area contributed by atoms with Crippen molar-refractivity contribution in [3.63, 3.8) is 0 Å². The number of anilines is 1. The zero-order valence-corrected chi connectivity index (χ0v) is 14.4. The molecule has 116 valence electrons. The van der Waals surface area contributed by atoms with E-state index in [2.05, 4.69) is 27.9 Å². The Labute approximate surface area is 143 Å². The SMILES string of the molecule is Cl.O=C(CN1CCCCC1C(=O)O)Nc1ccccc1I. The van der Waals surface area contributed by atoms with E-state index in [0.29, 0.717) is 13.0 Å². The molecule has 0 spiro atoms. The van der Waals surface area contributed by atoms with Crippen LogP contribution in [0.15, 0.2) is 24.3 Å². The molecule has 1 saturated heterocycles. The standard InChI is InChI=1S/C14H17IN2O3.ClH/c15-10-5-1-2-6-11(10)16-13(18)9-17-8-4-3-7-12(17)14(19)20;/h1-2,5-6,12H,3-4,7-9H2,(H,16,18)(H,19,20);1H. The van der Waals surface area contributed by atoms with E-state index in [1.807, 2.05) is 24.3 Å². The Balaban J connectivity index is 0.00000220. The first-order chi connectivity index (χ1) is 9.58. The maximum Gasteiger partial charge on any atom is 0.320 e. The second kappa shape index (κ2) is 8.55. The number of halogens is 2. The molecule has 1 atom stereocenters. The number of benzene rings is 1. The molecule has 0 aliphatic carbocycles. The van der Waals surface area contributed by atoms with Gasteiger partial charge < -0.3 is 10.4 Å². The topological polar surface area (TPSA) is 69.6 Å². The zero-order valence-electron chi connectivity index (χ0n) is 11.4. The number of carboxylic acids is 1. The van der Waals surface area contributed by atoms with Crippen LogP contribution >= 0.6 is 35.0 Å². The number of nitrogens with one attached hydrogen (secondary N) is 1. The minimum Gasteiger partial charge on any atom is -0.480 e. The van der Waals surface area contributed by atoms with Crippen LogP contribution in [0.5, 0.6) is 0 Å². The summed E-state index contributed by atoms with van der Waals surface area (Å²) in [5.74, 6) is -1.01. The van der Waals surface area contributed by atoms with Gasteiger partial charge in [-0.3, -0.25) is 14.5 Å². The van der Waals surface area contributed by atoms with Gasteiger partial charge in [-0.25, -0.2) is 0 Å². The van der Waals surface area contributed by atoms with E-state index in [4.69, 9.17) is 0 Å². The van der Waals surface area contributed by atoms with Crippen molar-refractivity contribution in [1.82, 2.24) is 4.90 Å². The van der Waals surface area contributed by atoms with E-state index >= 15 is 0 Å². The molecular weight excluding hydrogens is 407 g/mol. The second-order valence-corrected chi connectivity index (χ2v) is 6.01. The van der Waals surface area contributed by atoms with Gasteiger partial charge in [0.05, 0.1) is 12.2 Å². The molecule has 1 fully saturated rings. The molecular formula is C14H18ClIN2O3. The van der Waals surface area contributed by atoms with E-state index < -0.39 is 12.0 Å². The van der Waals surface area contributed by atoms with Gasteiger partial charge in [-0.05, 0) is 54.1 Å². The summed E-state index contributed by atoms with van der Waals surface area (Å²) in [6.07, 6.45) is 2.47. The lowest BCUT2D eigenvalue weighted by Crippen LogP contribution is -2.47. The highest BCUT2D eigenvalue weighted by Crippen LogP contribution is 2.19. The van der Waals surface area contributed by atoms with Gasteiger partial charge in [0, 0.05) is 3.57 Å². The quantitative estimate of drug-likeness (QED) is 0.729. The highest BCUT2D eigenvalue weighted by molar-refractivity contribution is 14.1. The summed E-state index contributed by atoms with van der Waals surface area (Å²) in [5.41, 5.74) is 0.766. The fourth-order valence-electron chi connectivity index (χ4n) is 2.40. The van der Waals surface area contributed by atoms with Gasteiger partial charge in [0.15, 0.2) is 0 Å². The molecule has 0 radical (unpaired) electrons. The number of carboxylic acid groups (broad SMARTS) is 1. The average molecular weight is 425 g/mol.